The van der Waals surface area contributed by atoms with E-state index in [9.17, 15) is 4.79 Å². The van der Waals surface area contributed by atoms with Crippen molar-refractivity contribution < 1.29 is 9.53 Å². The summed E-state index contributed by atoms with van der Waals surface area (Å²) in [6.45, 7) is 7.99. The van der Waals surface area contributed by atoms with Crippen molar-refractivity contribution in [2.45, 2.75) is 46.3 Å². The van der Waals surface area contributed by atoms with Crippen LogP contribution < -0.4 is 11.1 Å². The maximum atomic E-state index is 11.6. The monoisotopic (exact) mass is 323 g/mol. The van der Waals surface area contributed by atoms with Gasteiger partial charge in [0.1, 0.15) is 5.60 Å². The van der Waals surface area contributed by atoms with Gasteiger partial charge in [0, 0.05) is 12.3 Å². The van der Waals surface area contributed by atoms with Gasteiger partial charge in [0.15, 0.2) is 5.17 Å². The summed E-state index contributed by atoms with van der Waals surface area (Å²) in [6.07, 6.45) is 0.625. The molecule has 22 heavy (non-hydrogen) atoms. The highest BCUT2D eigenvalue weighted by atomic mass is 32.2. The second-order valence-corrected chi connectivity index (χ2v) is 6.94. The van der Waals surface area contributed by atoms with Crippen molar-refractivity contribution in [3.05, 3.63) is 29.8 Å². The van der Waals surface area contributed by atoms with Crippen LogP contribution >= 0.6 is 11.8 Å². The number of amides is 1. The second kappa shape index (κ2) is 8.68. The first kappa shape index (κ1) is 18.4. The highest BCUT2D eigenvalue weighted by molar-refractivity contribution is 8.13. The largest absolute Gasteiger partial charge is 0.444 e. The third kappa shape index (κ3) is 7.93. The number of nitrogens with zero attached hydrogens (tertiary/aromatic N) is 1. The molecule has 6 heteroatoms. The highest BCUT2D eigenvalue weighted by Gasteiger charge is 2.15. The molecule has 0 saturated carbocycles. The summed E-state index contributed by atoms with van der Waals surface area (Å²) in [5.74, 6) is 0.954. The van der Waals surface area contributed by atoms with Gasteiger partial charge in [-0.2, -0.15) is 0 Å². The van der Waals surface area contributed by atoms with Crippen LogP contribution in [-0.4, -0.2) is 22.6 Å². The van der Waals surface area contributed by atoms with Gasteiger partial charge in [-0.25, -0.2) is 9.79 Å². The fraction of sp³-hybridized carbons (Fsp3) is 0.500. The minimum atomic E-state index is -0.499. The standard InChI is InChI=1S/C16H25N3O2S/c1-5-9-22-14(17)19-13-8-6-7-12(10-13)11-18-15(20)21-16(2,3)4/h6-8,10H,5,9,11H2,1-4H3,(H2,17,19)(H,18,20). The minimum absolute atomic E-state index is 0.389. The summed E-state index contributed by atoms with van der Waals surface area (Å²) in [4.78, 5) is 16.0. The average Bonchev–Trinajstić information content (AvgIpc) is 2.41. The van der Waals surface area contributed by atoms with Gasteiger partial charge in [-0.15, -0.1) is 0 Å². The zero-order valence-electron chi connectivity index (χ0n) is 13.7. The Kier molecular flexibility index (Phi) is 7.24. The van der Waals surface area contributed by atoms with E-state index in [0.29, 0.717) is 11.7 Å². The smallest absolute Gasteiger partial charge is 0.407 e. The van der Waals surface area contributed by atoms with E-state index in [-0.39, 0.29) is 0 Å². The Bertz CT molecular complexity index is 524. The first-order valence-electron chi connectivity index (χ1n) is 7.33. The molecule has 0 spiro atoms. The summed E-state index contributed by atoms with van der Waals surface area (Å²) < 4.78 is 5.20. The number of hydrogen-bond acceptors (Lipinski definition) is 4. The van der Waals surface area contributed by atoms with Crippen molar-refractivity contribution in [2.75, 3.05) is 5.75 Å². The van der Waals surface area contributed by atoms with Crippen LogP contribution in [0.25, 0.3) is 0 Å². The van der Waals surface area contributed by atoms with Crippen molar-refractivity contribution >= 4 is 28.7 Å². The molecule has 1 rings (SSSR count). The number of amidine groups is 1. The maximum absolute atomic E-state index is 11.6. The van der Waals surface area contributed by atoms with E-state index >= 15 is 0 Å². The number of benzene rings is 1. The topological polar surface area (TPSA) is 76.7 Å². The molecule has 0 saturated heterocycles. The van der Waals surface area contributed by atoms with Gasteiger partial charge in [-0.1, -0.05) is 30.8 Å². The number of carbonyl (C=O) groups excluding carboxylic acids is 1. The predicted molar refractivity (Wildman–Crippen MR) is 93.5 cm³/mol. The van der Waals surface area contributed by atoms with E-state index in [4.69, 9.17) is 10.5 Å². The lowest BCUT2D eigenvalue weighted by molar-refractivity contribution is 0.0523. The zero-order chi connectivity index (χ0) is 16.6. The third-order valence-corrected chi connectivity index (χ3v) is 3.44. The fourth-order valence-corrected chi connectivity index (χ4v) is 2.17. The first-order valence-corrected chi connectivity index (χ1v) is 8.31. The Morgan fingerprint density at radius 3 is 2.77 bits per heavy atom. The van der Waals surface area contributed by atoms with E-state index in [1.54, 1.807) is 0 Å². The molecule has 0 aliphatic rings. The number of rotatable bonds is 5. The summed E-state index contributed by atoms with van der Waals surface area (Å²) in [7, 11) is 0. The maximum Gasteiger partial charge on any atom is 0.407 e. The Morgan fingerprint density at radius 1 is 1.41 bits per heavy atom. The van der Waals surface area contributed by atoms with Crippen molar-refractivity contribution in [2.24, 2.45) is 10.7 Å². The lowest BCUT2D eigenvalue weighted by Gasteiger charge is -2.19. The molecule has 122 valence electrons. The molecule has 0 unspecified atom stereocenters. The Morgan fingerprint density at radius 2 is 2.14 bits per heavy atom. The summed E-state index contributed by atoms with van der Waals surface area (Å²) in [6, 6.07) is 7.60. The molecular formula is C16H25N3O2S. The van der Waals surface area contributed by atoms with E-state index < -0.39 is 11.7 Å². The average molecular weight is 323 g/mol. The van der Waals surface area contributed by atoms with E-state index in [1.807, 2.05) is 45.0 Å². The zero-order valence-corrected chi connectivity index (χ0v) is 14.5. The molecule has 0 fully saturated rings. The molecule has 0 aromatic heterocycles. The van der Waals surface area contributed by atoms with Gasteiger partial charge in [0.05, 0.1) is 5.69 Å². The Balaban J connectivity index is 2.59. The molecular weight excluding hydrogens is 298 g/mol. The van der Waals surface area contributed by atoms with Crippen LogP contribution in [0.3, 0.4) is 0 Å². The molecule has 0 aliphatic heterocycles. The van der Waals surface area contributed by atoms with Gasteiger partial charge in [-0.3, -0.25) is 0 Å². The van der Waals surface area contributed by atoms with E-state index in [2.05, 4.69) is 17.2 Å². The SMILES string of the molecule is CCCSC(N)=Nc1cccc(CNC(=O)OC(C)(C)C)c1. The van der Waals surface area contributed by atoms with Crippen LogP contribution in [0.1, 0.15) is 39.7 Å². The number of nitrogens with one attached hydrogen (secondary N) is 1. The molecule has 0 radical (unpaired) electrons. The molecule has 3 N–H and O–H groups in total. The predicted octanol–water partition coefficient (Wildman–Crippen LogP) is 3.80. The first-order chi connectivity index (χ1) is 10.3. The minimum Gasteiger partial charge on any atom is -0.444 e. The van der Waals surface area contributed by atoms with Crippen LogP contribution in [0.4, 0.5) is 10.5 Å². The highest BCUT2D eigenvalue weighted by Crippen LogP contribution is 2.16. The molecule has 0 atom stereocenters. The van der Waals surface area contributed by atoms with Crippen LogP contribution in [0.15, 0.2) is 29.3 Å². The van der Waals surface area contributed by atoms with Crippen LogP contribution in [0.5, 0.6) is 0 Å². The number of alkyl carbamates (subject to hydrolysis) is 1. The Hall–Kier alpha value is -1.69. The molecule has 5 nitrogen and oxygen atoms in total. The summed E-state index contributed by atoms with van der Waals surface area (Å²) in [5.41, 5.74) is 7.08. The summed E-state index contributed by atoms with van der Waals surface area (Å²) in [5, 5.41) is 3.28. The van der Waals surface area contributed by atoms with Crippen LogP contribution in [0.2, 0.25) is 0 Å². The van der Waals surface area contributed by atoms with Gasteiger partial charge in [0.2, 0.25) is 0 Å². The van der Waals surface area contributed by atoms with Crippen molar-refractivity contribution in [1.29, 1.82) is 0 Å². The third-order valence-electron chi connectivity index (χ3n) is 2.44. The van der Waals surface area contributed by atoms with Crippen LogP contribution in [0, 0.1) is 0 Å². The molecule has 1 aromatic rings. The van der Waals surface area contributed by atoms with Gasteiger partial charge in [0.25, 0.3) is 0 Å². The fourth-order valence-electron chi connectivity index (χ4n) is 1.59. The number of hydrogen-bond donors (Lipinski definition) is 2. The number of carbonyl (C=O) groups is 1. The van der Waals surface area contributed by atoms with Crippen molar-refractivity contribution in [3.8, 4) is 0 Å². The Labute approximate surface area is 136 Å². The van der Waals surface area contributed by atoms with E-state index in [0.717, 1.165) is 23.4 Å². The molecule has 1 amide bonds. The van der Waals surface area contributed by atoms with Gasteiger partial charge < -0.3 is 15.8 Å². The molecule has 0 bridgehead atoms. The van der Waals surface area contributed by atoms with E-state index in [1.165, 1.54) is 11.8 Å². The summed E-state index contributed by atoms with van der Waals surface area (Å²) >= 11 is 1.54. The quantitative estimate of drug-likeness (QED) is 0.638. The van der Waals surface area contributed by atoms with Crippen molar-refractivity contribution in [1.82, 2.24) is 5.32 Å². The normalized spacial score (nSPS) is 12.1. The lowest BCUT2D eigenvalue weighted by Crippen LogP contribution is -2.32. The number of thioether (sulfide) groups is 1. The van der Waals surface area contributed by atoms with Gasteiger partial charge in [-0.05, 0) is 44.9 Å². The number of ether oxygens (including phenoxy) is 1. The number of nitrogens with two attached hydrogens (primary N) is 1. The van der Waals surface area contributed by atoms with Gasteiger partial charge >= 0.3 is 6.09 Å². The van der Waals surface area contributed by atoms with Crippen LogP contribution in [-0.2, 0) is 11.3 Å². The number of aliphatic imine (C=N–C) groups is 1. The molecule has 1 aromatic carbocycles. The lowest BCUT2D eigenvalue weighted by atomic mass is 10.2. The molecule has 0 heterocycles. The molecule has 0 aliphatic carbocycles. The second-order valence-electron chi connectivity index (χ2n) is 5.82. The van der Waals surface area contributed by atoms with Crippen molar-refractivity contribution in [3.63, 3.8) is 0 Å².